The van der Waals surface area contributed by atoms with E-state index in [4.69, 9.17) is 0 Å². The first kappa shape index (κ1) is 8.16. The lowest BCUT2D eigenvalue weighted by Crippen LogP contribution is -1.85. The van der Waals surface area contributed by atoms with Gasteiger partial charge < -0.3 is 0 Å². The summed E-state index contributed by atoms with van der Waals surface area (Å²) in [5, 5.41) is 6.69. The average Bonchev–Trinajstić information content (AvgIpc) is 2.49. The molecule has 13 heavy (non-hydrogen) atoms. The van der Waals surface area contributed by atoms with Gasteiger partial charge in [-0.25, -0.2) is 8.78 Å². The van der Waals surface area contributed by atoms with E-state index in [0.717, 1.165) is 5.56 Å². The highest BCUT2D eigenvalue weighted by atomic mass is 19.3. The molecule has 0 bridgehead atoms. The molecule has 4 heteroatoms. The molecule has 0 radical (unpaired) electrons. The molecule has 2 aromatic rings. The molecule has 0 aliphatic heterocycles. The Kier molecular flexibility index (Phi) is 1.76. The van der Waals surface area contributed by atoms with Gasteiger partial charge in [-0.15, -0.1) is 0 Å². The molecule has 0 saturated carbocycles. The molecule has 1 aromatic carbocycles. The van der Waals surface area contributed by atoms with Crippen molar-refractivity contribution in [1.29, 1.82) is 0 Å². The zero-order chi connectivity index (χ0) is 9.42. The number of aryl methyl sites for hydroxylation is 1. The topological polar surface area (TPSA) is 28.7 Å². The zero-order valence-electron chi connectivity index (χ0n) is 7.01. The van der Waals surface area contributed by atoms with Crippen molar-refractivity contribution in [3.05, 3.63) is 29.5 Å². The summed E-state index contributed by atoms with van der Waals surface area (Å²) in [6.07, 6.45) is -2.49. The number of nitrogens with zero attached hydrogens (tertiary/aromatic N) is 1. The summed E-state index contributed by atoms with van der Waals surface area (Å²) < 4.78 is 24.9. The van der Waals surface area contributed by atoms with Crippen LogP contribution in [0.4, 0.5) is 8.78 Å². The van der Waals surface area contributed by atoms with Crippen molar-refractivity contribution < 1.29 is 8.78 Å². The zero-order valence-corrected chi connectivity index (χ0v) is 7.01. The number of H-pyrrole nitrogens is 1. The van der Waals surface area contributed by atoms with Gasteiger partial charge in [-0.1, -0.05) is 12.1 Å². The van der Waals surface area contributed by atoms with Gasteiger partial charge in [0.25, 0.3) is 6.43 Å². The minimum Gasteiger partial charge on any atom is -0.276 e. The standard InChI is InChI=1S/C9H8F2N2/c1-5-3-2-4-6-7(5)8(9(10)11)13-12-6/h2-4,9H,1H3,(H,12,13). The van der Waals surface area contributed by atoms with Crippen molar-refractivity contribution in [3.63, 3.8) is 0 Å². The maximum absolute atomic E-state index is 12.4. The highest BCUT2D eigenvalue weighted by Gasteiger charge is 2.15. The van der Waals surface area contributed by atoms with Crippen LogP contribution in [-0.4, -0.2) is 10.2 Å². The predicted molar refractivity (Wildman–Crippen MR) is 45.8 cm³/mol. The van der Waals surface area contributed by atoms with Gasteiger partial charge in [0.05, 0.1) is 5.52 Å². The Hall–Kier alpha value is -1.45. The second-order valence-corrected chi connectivity index (χ2v) is 2.91. The van der Waals surface area contributed by atoms with E-state index >= 15 is 0 Å². The van der Waals surface area contributed by atoms with Crippen molar-refractivity contribution in [2.75, 3.05) is 0 Å². The number of halogens is 2. The van der Waals surface area contributed by atoms with Gasteiger partial charge in [0.15, 0.2) is 0 Å². The monoisotopic (exact) mass is 182 g/mol. The van der Waals surface area contributed by atoms with Crippen molar-refractivity contribution in [2.45, 2.75) is 13.3 Å². The van der Waals surface area contributed by atoms with Crippen LogP contribution < -0.4 is 0 Å². The third-order valence-corrected chi connectivity index (χ3v) is 2.04. The molecule has 1 aromatic heterocycles. The SMILES string of the molecule is Cc1cccc2n[nH]c(C(F)F)c12. The lowest BCUT2D eigenvalue weighted by Gasteiger charge is -1.98. The Morgan fingerprint density at radius 3 is 2.85 bits per heavy atom. The largest absolute Gasteiger partial charge is 0.280 e. The van der Waals surface area contributed by atoms with Crippen molar-refractivity contribution in [3.8, 4) is 0 Å². The molecule has 0 atom stereocenters. The maximum Gasteiger partial charge on any atom is 0.280 e. The van der Waals surface area contributed by atoms with Crippen molar-refractivity contribution in [2.24, 2.45) is 0 Å². The summed E-state index contributed by atoms with van der Waals surface area (Å²) in [4.78, 5) is 0. The normalized spacial score (nSPS) is 11.4. The molecular weight excluding hydrogens is 174 g/mol. The summed E-state index contributed by atoms with van der Waals surface area (Å²) in [5.41, 5.74) is 1.32. The van der Waals surface area contributed by atoms with Crippen LogP contribution in [-0.2, 0) is 0 Å². The van der Waals surface area contributed by atoms with Gasteiger partial charge in [0, 0.05) is 5.39 Å². The lowest BCUT2D eigenvalue weighted by atomic mass is 10.1. The van der Waals surface area contributed by atoms with Gasteiger partial charge in [0.2, 0.25) is 0 Å². The van der Waals surface area contributed by atoms with Crippen LogP contribution in [0.3, 0.4) is 0 Å². The second-order valence-electron chi connectivity index (χ2n) is 2.91. The number of aromatic nitrogens is 2. The quantitative estimate of drug-likeness (QED) is 0.721. The van der Waals surface area contributed by atoms with Crippen LogP contribution in [0.2, 0.25) is 0 Å². The Bertz CT molecular complexity index is 434. The number of alkyl halides is 2. The number of nitrogens with one attached hydrogen (secondary N) is 1. The first-order chi connectivity index (χ1) is 6.20. The first-order valence-corrected chi connectivity index (χ1v) is 3.92. The molecular formula is C9H8F2N2. The minimum absolute atomic E-state index is 0.0897. The summed E-state index contributed by atoms with van der Waals surface area (Å²) in [7, 11) is 0. The van der Waals surface area contributed by atoms with Crippen LogP contribution >= 0.6 is 0 Å². The summed E-state index contributed by atoms with van der Waals surface area (Å²) in [6.45, 7) is 1.80. The molecule has 2 nitrogen and oxygen atoms in total. The molecule has 2 rings (SSSR count). The Morgan fingerprint density at radius 1 is 1.38 bits per heavy atom. The minimum atomic E-state index is -2.49. The number of hydrogen-bond donors (Lipinski definition) is 1. The Labute approximate surface area is 73.6 Å². The van der Waals surface area contributed by atoms with Crippen LogP contribution in [0.1, 0.15) is 17.7 Å². The molecule has 0 saturated heterocycles. The van der Waals surface area contributed by atoms with E-state index in [1.807, 2.05) is 0 Å². The Morgan fingerprint density at radius 2 is 2.15 bits per heavy atom. The van der Waals surface area contributed by atoms with E-state index in [1.54, 1.807) is 25.1 Å². The van der Waals surface area contributed by atoms with Crippen LogP contribution in [0.5, 0.6) is 0 Å². The fraction of sp³-hybridized carbons (Fsp3) is 0.222. The number of benzene rings is 1. The van der Waals surface area contributed by atoms with Crippen LogP contribution in [0.15, 0.2) is 18.2 Å². The average molecular weight is 182 g/mol. The number of fused-ring (bicyclic) bond motifs is 1. The summed E-state index contributed by atoms with van der Waals surface area (Å²) >= 11 is 0. The van der Waals surface area contributed by atoms with Crippen LogP contribution in [0, 0.1) is 6.92 Å². The molecule has 0 aliphatic carbocycles. The second kappa shape index (κ2) is 2.80. The van der Waals surface area contributed by atoms with Gasteiger partial charge in [-0.2, -0.15) is 5.10 Å². The maximum atomic E-state index is 12.4. The summed E-state index contributed by atoms with van der Waals surface area (Å²) in [6, 6.07) is 5.31. The van der Waals surface area contributed by atoms with Gasteiger partial charge in [0.1, 0.15) is 5.69 Å². The molecule has 0 spiro atoms. The van der Waals surface area contributed by atoms with Gasteiger partial charge in [-0.05, 0) is 18.6 Å². The first-order valence-electron chi connectivity index (χ1n) is 3.92. The van der Waals surface area contributed by atoms with Crippen LogP contribution in [0.25, 0.3) is 10.9 Å². The molecule has 0 fully saturated rings. The van der Waals surface area contributed by atoms with E-state index in [2.05, 4.69) is 10.2 Å². The lowest BCUT2D eigenvalue weighted by molar-refractivity contribution is 0.147. The van der Waals surface area contributed by atoms with E-state index in [0.29, 0.717) is 10.9 Å². The van der Waals surface area contributed by atoms with Gasteiger partial charge >= 0.3 is 0 Å². The number of hydrogen-bond acceptors (Lipinski definition) is 1. The highest BCUT2D eigenvalue weighted by Crippen LogP contribution is 2.27. The van der Waals surface area contributed by atoms with E-state index in [1.165, 1.54) is 0 Å². The predicted octanol–water partition coefficient (Wildman–Crippen LogP) is 2.81. The molecule has 1 heterocycles. The summed E-state index contributed by atoms with van der Waals surface area (Å²) in [5.74, 6) is 0. The fourth-order valence-electron chi connectivity index (χ4n) is 1.43. The van der Waals surface area contributed by atoms with E-state index < -0.39 is 6.43 Å². The number of aromatic amines is 1. The van der Waals surface area contributed by atoms with E-state index in [-0.39, 0.29) is 5.69 Å². The van der Waals surface area contributed by atoms with Crippen molar-refractivity contribution >= 4 is 10.9 Å². The third kappa shape index (κ3) is 1.18. The van der Waals surface area contributed by atoms with E-state index in [9.17, 15) is 8.78 Å². The smallest absolute Gasteiger partial charge is 0.276 e. The molecule has 0 aliphatic rings. The molecule has 0 unspecified atom stereocenters. The third-order valence-electron chi connectivity index (χ3n) is 2.04. The van der Waals surface area contributed by atoms with Crippen molar-refractivity contribution in [1.82, 2.24) is 10.2 Å². The molecule has 68 valence electrons. The highest BCUT2D eigenvalue weighted by molar-refractivity contribution is 5.84. The number of rotatable bonds is 1. The molecule has 0 amide bonds. The fourth-order valence-corrected chi connectivity index (χ4v) is 1.43. The molecule has 1 N–H and O–H groups in total. The van der Waals surface area contributed by atoms with Gasteiger partial charge in [-0.3, -0.25) is 5.10 Å². The Balaban J connectivity index is 2.79.